The number of carbonyl (C=O) groups is 1. The summed E-state index contributed by atoms with van der Waals surface area (Å²) in [4.78, 5) is 12.0. The van der Waals surface area contributed by atoms with E-state index in [0.29, 0.717) is 11.0 Å². The van der Waals surface area contributed by atoms with Crippen molar-refractivity contribution in [2.45, 2.75) is 25.2 Å². The Labute approximate surface area is 129 Å². The van der Waals surface area contributed by atoms with Crippen LogP contribution in [0.1, 0.15) is 29.9 Å². The maximum Gasteiger partial charge on any atom is 0.309 e. The Hall–Kier alpha value is -1.68. The van der Waals surface area contributed by atoms with Crippen molar-refractivity contribution in [3.8, 4) is 0 Å². The third-order valence-corrected chi connectivity index (χ3v) is 4.40. The van der Waals surface area contributed by atoms with Gasteiger partial charge in [-0.15, -0.1) is 0 Å². The smallest absolute Gasteiger partial charge is 0.309 e. The summed E-state index contributed by atoms with van der Waals surface area (Å²) in [6, 6.07) is 13.8. The van der Waals surface area contributed by atoms with Gasteiger partial charge >= 0.3 is 5.97 Å². The van der Waals surface area contributed by atoms with Crippen LogP contribution in [0.25, 0.3) is 0 Å². The van der Waals surface area contributed by atoms with Crippen LogP contribution in [0.2, 0.25) is 0 Å². The highest BCUT2D eigenvalue weighted by Crippen LogP contribution is 2.33. The minimum atomic E-state index is -0.179. The number of benzene rings is 1. The molecule has 1 aromatic carbocycles. The third-order valence-electron chi connectivity index (χ3n) is 3.36. The van der Waals surface area contributed by atoms with E-state index < -0.39 is 0 Å². The lowest BCUT2D eigenvalue weighted by Crippen LogP contribution is -2.16. The van der Waals surface area contributed by atoms with E-state index in [-0.39, 0.29) is 18.5 Å². The van der Waals surface area contributed by atoms with E-state index in [9.17, 15) is 4.79 Å². The van der Waals surface area contributed by atoms with Crippen LogP contribution in [0.5, 0.6) is 0 Å². The van der Waals surface area contributed by atoms with Crippen molar-refractivity contribution < 1.29 is 13.9 Å². The molecular weight excluding hydrogens is 284 g/mol. The molecule has 4 heteroatoms. The molecule has 0 aliphatic heterocycles. The summed E-state index contributed by atoms with van der Waals surface area (Å²) in [6.45, 7) is 2.11. The van der Waals surface area contributed by atoms with Gasteiger partial charge < -0.3 is 9.15 Å². The molecule has 1 heterocycles. The van der Waals surface area contributed by atoms with E-state index in [1.165, 1.54) is 5.56 Å². The molecule has 0 amide bonds. The van der Waals surface area contributed by atoms with Gasteiger partial charge in [0.25, 0.3) is 0 Å². The summed E-state index contributed by atoms with van der Waals surface area (Å²) < 4.78 is 10.4. The Morgan fingerprint density at radius 3 is 2.62 bits per heavy atom. The van der Waals surface area contributed by atoms with E-state index >= 15 is 0 Å². The van der Waals surface area contributed by atoms with Crippen molar-refractivity contribution in [3.05, 3.63) is 60.1 Å². The molecule has 2 unspecified atom stereocenters. The number of hydrogen-bond acceptors (Lipinski definition) is 4. The molecule has 0 spiro atoms. The van der Waals surface area contributed by atoms with Crippen LogP contribution in [0.4, 0.5) is 0 Å². The first-order valence-electron chi connectivity index (χ1n) is 6.97. The quantitative estimate of drug-likeness (QED) is 0.708. The predicted molar refractivity (Wildman–Crippen MR) is 85.0 cm³/mol. The number of ether oxygens (including phenoxy) is 1. The first-order chi connectivity index (χ1) is 10.2. The number of carbonyl (C=O) groups excluding carboxylic acids is 1. The molecule has 0 aliphatic rings. The fraction of sp³-hybridized carbons (Fsp3) is 0.353. The number of esters is 1. The molecule has 0 radical (unpaired) electrons. The summed E-state index contributed by atoms with van der Waals surface area (Å²) in [6.07, 6.45) is 4.41. The highest BCUT2D eigenvalue weighted by Gasteiger charge is 2.21. The van der Waals surface area contributed by atoms with Crippen LogP contribution in [0.3, 0.4) is 0 Å². The summed E-state index contributed by atoms with van der Waals surface area (Å²) in [5.74, 6) is 0.346. The zero-order chi connectivity index (χ0) is 15.1. The second kappa shape index (κ2) is 7.93. The van der Waals surface area contributed by atoms with Gasteiger partial charge in [0.1, 0.15) is 12.4 Å². The fourth-order valence-corrected chi connectivity index (χ4v) is 3.04. The molecule has 2 atom stereocenters. The standard InChI is InChI=1S/C17H20O3S/c1-13(17(18)20-12-15-9-6-10-19-15)11-16(21-2)14-7-4-3-5-8-14/h3-10,13,16H,11-12H2,1-2H3. The second-order valence-electron chi connectivity index (χ2n) is 4.96. The second-order valence-corrected chi connectivity index (χ2v) is 6.00. The highest BCUT2D eigenvalue weighted by molar-refractivity contribution is 7.98. The van der Waals surface area contributed by atoms with E-state index in [0.717, 1.165) is 6.42 Å². The predicted octanol–water partition coefficient (Wildman–Crippen LogP) is 4.45. The minimum Gasteiger partial charge on any atom is -0.466 e. The fourth-order valence-electron chi connectivity index (χ4n) is 2.13. The van der Waals surface area contributed by atoms with Crippen LogP contribution >= 0.6 is 11.8 Å². The largest absolute Gasteiger partial charge is 0.466 e. The van der Waals surface area contributed by atoms with E-state index in [4.69, 9.17) is 9.15 Å². The first kappa shape index (κ1) is 15.7. The molecule has 0 saturated heterocycles. The van der Waals surface area contributed by atoms with Crippen LogP contribution in [0, 0.1) is 5.92 Å². The molecule has 1 aromatic heterocycles. The normalized spacial score (nSPS) is 13.6. The SMILES string of the molecule is CSC(CC(C)C(=O)OCc1ccco1)c1ccccc1. The van der Waals surface area contributed by atoms with Gasteiger partial charge in [0.15, 0.2) is 0 Å². The zero-order valence-corrected chi connectivity index (χ0v) is 13.1. The Morgan fingerprint density at radius 2 is 2.00 bits per heavy atom. The molecule has 0 bridgehead atoms. The zero-order valence-electron chi connectivity index (χ0n) is 12.3. The molecule has 0 N–H and O–H groups in total. The molecule has 21 heavy (non-hydrogen) atoms. The molecule has 2 rings (SSSR count). The van der Waals surface area contributed by atoms with Crippen molar-refractivity contribution in [2.75, 3.05) is 6.26 Å². The Bertz CT molecular complexity index is 536. The van der Waals surface area contributed by atoms with Crippen molar-refractivity contribution >= 4 is 17.7 Å². The van der Waals surface area contributed by atoms with E-state index in [1.807, 2.05) is 25.1 Å². The van der Waals surface area contributed by atoms with Crippen molar-refractivity contribution in [3.63, 3.8) is 0 Å². The van der Waals surface area contributed by atoms with Gasteiger partial charge in [0.05, 0.1) is 12.2 Å². The van der Waals surface area contributed by atoms with Gasteiger partial charge in [-0.25, -0.2) is 0 Å². The third kappa shape index (κ3) is 4.67. The topological polar surface area (TPSA) is 39.4 Å². The Morgan fingerprint density at radius 1 is 1.24 bits per heavy atom. The van der Waals surface area contributed by atoms with Gasteiger partial charge in [-0.2, -0.15) is 11.8 Å². The molecule has 112 valence electrons. The lowest BCUT2D eigenvalue weighted by atomic mass is 10.0. The van der Waals surface area contributed by atoms with Crippen molar-refractivity contribution in [2.24, 2.45) is 5.92 Å². The minimum absolute atomic E-state index is 0.141. The highest BCUT2D eigenvalue weighted by atomic mass is 32.2. The molecule has 0 aliphatic carbocycles. The van der Waals surface area contributed by atoms with Gasteiger partial charge in [-0.3, -0.25) is 4.79 Å². The van der Waals surface area contributed by atoms with E-state index in [2.05, 4.69) is 18.4 Å². The summed E-state index contributed by atoms with van der Waals surface area (Å²) in [5, 5.41) is 0.303. The number of rotatable bonds is 7. The average Bonchev–Trinajstić information content (AvgIpc) is 3.04. The maximum atomic E-state index is 12.0. The lowest BCUT2D eigenvalue weighted by molar-refractivity contribution is -0.150. The average molecular weight is 304 g/mol. The van der Waals surface area contributed by atoms with Crippen LogP contribution in [-0.2, 0) is 16.1 Å². The lowest BCUT2D eigenvalue weighted by Gasteiger charge is -2.18. The summed E-state index contributed by atoms with van der Waals surface area (Å²) in [7, 11) is 0. The van der Waals surface area contributed by atoms with Gasteiger partial charge in [0, 0.05) is 5.25 Å². The molecule has 2 aromatic rings. The summed E-state index contributed by atoms with van der Waals surface area (Å²) >= 11 is 1.76. The van der Waals surface area contributed by atoms with Crippen LogP contribution < -0.4 is 0 Å². The Balaban J connectivity index is 1.87. The molecular formula is C17H20O3S. The number of furan rings is 1. The first-order valence-corrected chi connectivity index (χ1v) is 8.26. The van der Waals surface area contributed by atoms with Crippen LogP contribution in [0.15, 0.2) is 53.1 Å². The van der Waals surface area contributed by atoms with Gasteiger partial charge in [-0.1, -0.05) is 37.3 Å². The molecule has 3 nitrogen and oxygen atoms in total. The Kier molecular flexibility index (Phi) is 5.93. The number of thioether (sulfide) groups is 1. The molecule has 0 fully saturated rings. The number of hydrogen-bond donors (Lipinski definition) is 0. The monoisotopic (exact) mass is 304 g/mol. The van der Waals surface area contributed by atoms with Gasteiger partial charge in [0.2, 0.25) is 0 Å². The van der Waals surface area contributed by atoms with Gasteiger partial charge in [-0.05, 0) is 30.4 Å². The van der Waals surface area contributed by atoms with E-state index in [1.54, 1.807) is 30.2 Å². The van der Waals surface area contributed by atoms with Crippen molar-refractivity contribution in [1.29, 1.82) is 0 Å². The maximum absolute atomic E-state index is 12.0. The van der Waals surface area contributed by atoms with Crippen molar-refractivity contribution in [1.82, 2.24) is 0 Å². The molecule has 0 saturated carbocycles. The summed E-state index contributed by atoms with van der Waals surface area (Å²) in [5.41, 5.74) is 1.25. The van der Waals surface area contributed by atoms with Crippen LogP contribution in [-0.4, -0.2) is 12.2 Å².